The van der Waals surface area contributed by atoms with Crippen molar-refractivity contribution in [1.29, 1.82) is 0 Å². The molecule has 5 aromatic rings. The average molecular weight is 532 g/mol. The summed E-state index contributed by atoms with van der Waals surface area (Å²) in [5, 5.41) is 4.03. The highest BCUT2D eigenvalue weighted by Gasteiger charge is 2.41. The van der Waals surface area contributed by atoms with E-state index in [1.807, 2.05) is 30.3 Å². The molecule has 0 amide bonds. The zero-order chi connectivity index (χ0) is 26.4. The number of ether oxygens (including phenoxy) is 1. The standard InChI is InChI=1S/C28H22FN3O5S/c1-36-26-15-22(21-14-20(21)17-5-3-2-4-6-17)23(29)16-25(26)32-24-9-8-19(13-18(24)7-10-28(32)33)38(34,35)31-27-11-12-37-30-27/h2-13,15-16,20-21H,14H2,1H3,(H,30,31)/t20-,21+/m1/s1. The highest BCUT2D eigenvalue weighted by molar-refractivity contribution is 7.92. The lowest BCUT2D eigenvalue weighted by molar-refractivity contribution is 0.410. The maximum Gasteiger partial charge on any atom is 0.263 e. The molecular formula is C28H22FN3O5S. The quantitative estimate of drug-likeness (QED) is 0.310. The number of pyridine rings is 1. The van der Waals surface area contributed by atoms with Crippen LogP contribution in [0.25, 0.3) is 16.6 Å². The van der Waals surface area contributed by atoms with Gasteiger partial charge in [-0.1, -0.05) is 35.5 Å². The Morgan fingerprint density at radius 2 is 1.84 bits per heavy atom. The van der Waals surface area contributed by atoms with Gasteiger partial charge in [0, 0.05) is 23.6 Å². The molecule has 8 nitrogen and oxygen atoms in total. The van der Waals surface area contributed by atoms with E-state index in [0.717, 1.165) is 12.0 Å². The first-order valence-electron chi connectivity index (χ1n) is 11.9. The van der Waals surface area contributed by atoms with Crippen LogP contribution < -0.4 is 15.0 Å². The van der Waals surface area contributed by atoms with Crippen molar-refractivity contribution in [2.45, 2.75) is 23.2 Å². The van der Waals surface area contributed by atoms with Crippen molar-refractivity contribution in [3.8, 4) is 11.4 Å². The van der Waals surface area contributed by atoms with Gasteiger partial charge in [0.2, 0.25) is 0 Å². The van der Waals surface area contributed by atoms with Gasteiger partial charge in [-0.25, -0.2) is 12.8 Å². The Hall–Kier alpha value is -4.44. The van der Waals surface area contributed by atoms with Gasteiger partial charge in [-0.3, -0.25) is 14.1 Å². The molecule has 3 aromatic carbocycles. The first-order chi connectivity index (χ1) is 18.4. The number of hydrogen-bond donors (Lipinski definition) is 1. The number of sulfonamides is 1. The van der Waals surface area contributed by atoms with Crippen molar-refractivity contribution in [3.63, 3.8) is 0 Å². The number of fused-ring (bicyclic) bond motifs is 1. The Balaban J connectivity index is 1.40. The lowest BCUT2D eigenvalue weighted by Crippen LogP contribution is -2.19. The topological polar surface area (TPSA) is 103 Å². The molecular weight excluding hydrogens is 509 g/mol. The lowest BCUT2D eigenvalue weighted by Gasteiger charge is -2.16. The van der Waals surface area contributed by atoms with Crippen LogP contribution in [0.2, 0.25) is 0 Å². The van der Waals surface area contributed by atoms with Gasteiger partial charge in [-0.15, -0.1) is 0 Å². The summed E-state index contributed by atoms with van der Waals surface area (Å²) < 4.78 is 55.1. The van der Waals surface area contributed by atoms with Crippen LogP contribution in [0, 0.1) is 5.82 Å². The highest BCUT2D eigenvalue weighted by Crippen LogP contribution is 2.56. The van der Waals surface area contributed by atoms with E-state index in [2.05, 4.69) is 14.4 Å². The van der Waals surface area contributed by atoms with Crippen LogP contribution in [-0.4, -0.2) is 25.3 Å². The zero-order valence-electron chi connectivity index (χ0n) is 20.2. The van der Waals surface area contributed by atoms with Crippen LogP contribution in [0.1, 0.15) is 29.4 Å². The summed E-state index contributed by atoms with van der Waals surface area (Å²) in [7, 11) is -2.49. The maximum absolute atomic E-state index is 15.5. The molecule has 6 rings (SSSR count). The molecule has 192 valence electrons. The Kier molecular flexibility index (Phi) is 5.76. The second-order valence-electron chi connectivity index (χ2n) is 9.12. The number of halogens is 1. The number of rotatable bonds is 7. The van der Waals surface area contributed by atoms with Gasteiger partial charge in [0.05, 0.1) is 23.2 Å². The Bertz CT molecular complexity index is 1820. The number of hydrogen-bond acceptors (Lipinski definition) is 6. The van der Waals surface area contributed by atoms with E-state index in [-0.39, 0.29) is 28.2 Å². The lowest BCUT2D eigenvalue weighted by atomic mass is 10.0. The molecule has 0 saturated heterocycles. The third-order valence-corrected chi connectivity index (χ3v) is 8.16. The van der Waals surface area contributed by atoms with Crippen molar-refractivity contribution in [2.75, 3.05) is 11.8 Å². The molecule has 1 aliphatic carbocycles. The molecule has 2 atom stereocenters. The number of anilines is 1. The van der Waals surface area contributed by atoms with Crippen molar-refractivity contribution in [2.24, 2.45) is 0 Å². The van der Waals surface area contributed by atoms with Gasteiger partial charge in [0.15, 0.2) is 5.82 Å². The van der Waals surface area contributed by atoms with Gasteiger partial charge in [-0.05, 0) is 59.7 Å². The van der Waals surface area contributed by atoms with E-state index >= 15 is 4.39 Å². The minimum Gasteiger partial charge on any atom is -0.495 e. The van der Waals surface area contributed by atoms with Gasteiger partial charge in [0.25, 0.3) is 15.6 Å². The first-order valence-corrected chi connectivity index (χ1v) is 13.4. The largest absolute Gasteiger partial charge is 0.495 e. The molecule has 0 spiro atoms. The predicted octanol–water partition coefficient (Wildman–Crippen LogP) is 5.20. The second-order valence-corrected chi connectivity index (χ2v) is 10.8. The summed E-state index contributed by atoms with van der Waals surface area (Å²) in [6, 6.07) is 21.5. The summed E-state index contributed by atoms with van der Waals surface area (Å²) in [5.41, 5.74) is 1.93. The third-order valence-electron chi connectivity index (χ3n) is 6.81. The zero-order valence-corrected chi connectivity index (χ0v) is 21.0. The summed E-state index contributed by atoms with van der Waals surface area (Å²) in [5.74, 6) is 0.214. The average Bonchev–Trinajstić information content (AvgIpc) is 3.55. The molecule has 0 aliphatic heterocycles. The number of nitrogens with one attached hydrogen (secondary N) is 1. The van der Waals surface area contributed by atoms with Crippen molar-refractivity contribution >= 4 is 26.7 Å². The first kappa shape index (κ1) is 23.9. The molecule has 0 bridgehead atoms. The van der Waals surface area contributed by atoms with Crippen LogP contribution in [-0.2, 0) is 10.0 Å². The van der Waals surface area contributed by atoms with Crippen LogP contribution in [0.5, 0.6) is 5.75 Å². The Morgan fingerprint density at radius 1 is 1.03 bits per heavy atom. The molecule has 1 fully saturated rings. The normalized spacial score (nSPS) is 16.9. The number of aromatic nitrogens is 2. The van der Waals surface area contributed by atoms with E-state index in [4.69, 9.17) is 4.74 Å². The maximum atomic E-state index is 15.5. The fourth-order valence-electron chi connectivity index (χ4n) is 4.89. The second kappa shape index (κ2) is 9.14. The van der Waals surface area contributed by atoms with E-state index < -0.39 is 21.4 Å². The SMILES string of the molecule is COc1cc([C@H]2C[C@@H]2c2ccccc2)c(F)cc1-n1c(=O)ccc2cc(S(=O)(=O)Nc3ccon3)ccc21. The molecule has 38 heavy (non-hydrogen) atoms. The molecule has 0 radical (unpaired) electrons. The molecule has 2 aromatic heterocycles. The summed E-state index contributed by atoms with van der Waals surface area (Å²) in [6.45, 7) is 0. The van der Waals surface area contributed by atoms with E-state index in [1.54, 1.807) is 6.07 Å². The van der Waals surface area contributed by atoms with E-state index in [9.17, 15) is 13.2 Å². The molecule has 1 aliphatic rings. The molecule has 10 heteroatoms. The molecule has 1 saturated carbocycles. The third kappa shape index (κ3) is 4.22. The van der Waals surface area contributed by atoms with E-state index in [0.29, 0.717) is 22.2 Å². The summed E-state index contributed by atoms with van der Waals surface area (Å²) in [4.78, 5) is 13.0. The molecule has 0 unspecified atom stereocenters. The highest BCUT2D eigenvalue weighted by atomic mass is 32.2. The molecule has 2 heterocycles. The van der Waals surface area contributed by atoms with Crippen molar-refractivity contribution < 1.29 is 22.1 Å². The number of benzene rings is 3. The number of methoxy groups -OCH3 is 1. The summed E-state index contributed by atoms with van der Waals surface area (Å²) >= 11 is 0. The monoisotopic (exact) mass is 531 g/mol. The van der Waals surface area contributed by atoms with Gasteiger partial charge in [0.1, 0.15) is 17.8 Å². The fourth-order valence-corrected chi connectivity index (χ4v) is 5.92. The Morgan fingerprint density at radius 3 is 2.58 bits per heavy atom. The van der Waals surface area contributed by atoms with Gasteiger partial charge < -0.3 is 9.26 Å². The molecule has 1 N–H and O–H groups in total. The predicted molar refractivity (Wildman–Crippen MR) is 140 cm³/mol. The van der Waals surface area contributed by atoms with Crippen molar-refractivity contribution in [3.05, 3.63) is 112 Å². The van der Waals surface area contributed by atoms with Crippen LogP contribution >= 0.6 is 0 Å². The van der Waals surface area contributed by atoms with Gasteiger partial charge in [-0.2, -0.15) is 0 Å². The van der Waals surface area contributed by atoms with Crippen molar-refractivity contribution in [1.82, 2.24) is 9.72 Å². The fraction of sp³-hybridized carbons (Fsp3) is 0.143. The van der Waals surface area contributed by atoms with E-state index in [1.165, 1.54) is 60.4 Å². The smallest absolute Gasteiger partial charge is 0.263 e. The minimum absolute atomic E-state index is 0.0228. The minimum atomic E-state index is -3.96. The van der Waals surface area contributed by atoms with Crippen LogP contribution in [0.4, 0.5) is 10.2 Å². The van der Waals surface area contributed by atoms with Crippen LogP contribution in [0.15, 0.2) is 99.3 Å². The van der Waals surface area contributed by atoms with Gasteiger partial charge >= 0.3 is 0 Å². The Labute approximate surface area is 217 Å². The summed E-state index contributed by atoms with van der Waals surface area (Å²) in [6.07, 6.45) is 2.08. The number of nitrogens with zero attached hydrogens (tertiary/aromatic N) is 2. The van der Waals surface area contributed by atoms with Crippen LogP contribution in [0.3, 0.4) is 0 Å².